The molecule has 0 aliphatic heterocycles. The van der Waals surface area contributed by atoms with E-state index in [4.69, 9.17) is 0 Å². The molecule has 32 heavy (non-hydrogen) atoms. The quantitative estimate of drug-likeness (QED) is 0.535. The fourth-order valence-electron chi connectivity index (χ4n) is 3.94. The van der Waals surface area contributed by atoms with Crippen molar-refractivity contribution >= 4 is 23.3 Å². The zero-order valence-electron chi connectivity index (χ0n) is 17.8. The summed E-state index contributed by atoms with van der Waals surface area (Å²) in [6.07, 6.45) is 1.50. The van der Waals surface area contributed by atoms with E-state index >= 15 is 0 Å². The maximum absolute atomic E-state index is 13.2. The number of urea groups is 1. The highest BCUT2D eigenvalue weighted by Gasteiger charge is 2.31. The molecule has 5 nitrogen and oxygen atoms in total. The first-order valence-corrected chi connectivity index (χ1v) is 10.9. The van der Waals surface area contributed by atoms with Crippen LogP contribution in [-0.2, 0) is 11.0 Å². The summed E-state index contributed by atoms with van der Waals surface area (Å²) >= 11 is 0. The van der Waals surface area contributed by atoms with Crippen LogP contribution in [0.5, 0.6) is 0 Å². The molecule has 1 aliphatic rings. The minimum absolute atomic E-state index is 0.0369. The molecule has 0 aromatic heterocycles. The van der Waals surface area contributed by atoms with Crippen molar-refractivity contribution in [2.75, 3.05) is 23.3 Å². The van der Waals surface area contributed by atoms with Crippen molar-refractivity contribution in [3.63, 3.8) is 0 Å². The van der Waals surface area contributed by atoms with E-state index in [-0.39, 0.29) is 24.7 Å². The summed E-state index contributed by atoms with van der Waals surface area (Å²) in [5.74, 6) is 0.489. The fourth-order valence-corrected chi connectivity index (χ4v) is 3.94. The van der Waals surface area contributed by atoms with Gasteiger partial charge in [-0.05, 0) is 42.7 Å². The maximum Gasteiger partial charge on any atom is 0.416 e. The van der Waals surface area contributed by atoms with Gasteiger partial charge in [0.2, 0.25) is 5.91 Å². The van der Waals surface area contributed by atoms with Gasteiger partial charge in [0.15, 0.2) is 0 Å². The van der Waals surface area contributed by atoms with Gasteiger partial charge in [-0.15, -0.1) is 0 Å². The van der Waals surface area contributed by atoms with E-state index in [9.17, 15) is 22.8 Å². The van der Waals surface area contributed by atoms with Gasteiger partial charge in [0.25, 0.3) is 0 Å². The van der Waals surface area contributed by atoms with Crippen LogP contribution < -0.4 is 15.5 Å². The predicted molar refractivity (Wildman–Crippen MR) is 118 cm³/mol. The average molecular weight is 448 g/mol. The lowest BCUT2D eigenvalue weighted by Crippen LogP contribution is -2.41. The molecule has 0 heterocycles. The fraction of sp³-hybridized carbons (Fsp3) is 0.417. The number of carbonyl (C=O) groups is 2. The van der Waals surface area contributed by atoms with Crippen LogP contribution in [0.4, 0.5) is 29.3 Å². The molecule has 2 aromatic rings. The second kappa shape index (κ2) is 11.0. The molecule has 8 heteroatoms. The number of amides is 3. The van der Waals surface area contributed by atoms with Gasteiger partial charge in [0, 0.05) is 30.9 Å². The van der Waals surface area contributed by atoms with Crippen molar-refractivity contribution in [3.05, 3.63) is 60.2 Å². The predicted octanol–water partition coefficient (Wildman–Crippen LogP) is 5.83. The van der Waals surface area contributed by atoms with Gasteiger partial charge in [0.05, 0.1) is 5.56 Å². The number of anilines is 2. The Morgan fingerprint density at radius 1 is 1.00 bits per heavy atom. The van der Waals surface area contributed by atoms with E-state index in [2.05, 4.69) is 10.6 Å². The van der Waals surface area contributed by atoms with Gasteiger partial charge < -0.3 is 10.6 Å². The summed E-state index contributed by atoms with van der Waals surface area (Å²) in [4.78, 5) is 26.3. The number of hydrogen-bond donors (Lipinski definition) is 2. The van der Waals surface area contributed by atoms with Crippen molar-refractivity contribution in [1.29, 1.82) is 0 Å². The van der Waals surface area contributed by atoms with Crippen LogP contribution in [0.15, 0.2) is 54.6 Å². The van der Waals surface area contributed by atoms with Crippen molar-refractivity contribution in [1.82, 2.24) is 5.32 Å². The number of nitrogens with one attached hydrogen (secondary N) is 2. The van der Waals surface area contributed by atoms with E-state index in [1.54, 1.807) is 30.3 Å². The standard InChI is InChI=1S/C24H28F3N3O2/c25-24(26,27)19-9-6-12-21(17-19)30(23(32)29-20-10-2-1-3-11-20)16-15-28-22(31)14-13-18-7-4-5-8-18/h1-3,6,9-12,17-18H,4-5,7-8,13-16H2,(H,28,31)(H,29,32). The van der Waals surface area contributed by atoms with Crippen molar-refractivity contribution in [2.24, 2.45) is 5.92 Å². The monoisotopic (exact) mass is 447 g/mol. The molecule has 172 valence electrons. The molecule has 1 fully saturated rings. The number of rotatable bonds is 8. The van der Waals surface area contributed by atoms with Crippen LogP contribution in [0.25, 0.3) is 0 Å². The molecule has 3 rings (SSSR count). The molecular formula is C24H28F3N3O2. The first-order chi connectivity index (χ1) is 15.3. The summed E-state index contributed by atoms with van der Waals surface area (Å²) in [6.45, 7) is 0.178. The number of alkyl halides is 3. The Bertz CT molecular complexity index is 897. The topological polar surface area (TPSA) is 61.4 Å². The number of hydrogen-bond acceptors (Lipinski definition) is 2. The molecular weight excluding hydrogens is 419 g/mol. The molecule has 3 amide bonds. The molecule has 2 aromatic carbocycles. The van der Waals surface area contributed by atoms with Crippen LogP contribution in [-0.4, -0.2) is 25.0 Å². The number of para-hydroxylation sites is 1. The molecule has 2 N–H and O–H groups in total. The molecule has 0 spiro atoms. The molecule has 0 bridgehead atoms. The second-order valence-corrected chi connectivity index (χ2v) is 8.04. The molecule has 1 saturated carbocycles. The summed E-state index contributed by atoms with van der Waals surface area (Å²) in [5.41, 5.74) is -0.211. The molecule has 0 radical (unpaired) electrons. The summed E-state index contributed by atoms with van der Waals surface area (Å²) < 4.78 is 39.5. The van der Waals surface area contributed by atoms with E-state index in [0.717, 1.165) is 31.4 Å². The summed E-state index contributed by atoms with van der Waals surface area (Å²) in [6, 6.07) is 12.7. The molecule has 0 unspecified atom stereocenters. The Balaban J connectivity index is 1.65. The SMILES string of the molecule is O=C(CCC1CCCC1)NCCN(C(=O)Nc1ccccc1)c1cccc(C(F)(F)F)c1. The van der Waals surface area contributed by atoms with Gasteiger partial charge in [0.1, 0.15) is 0 Å². The zero-order chi connectivity index (χ0) is 23.0. The Kier molecular flexibility index (Phi) is 8.14. The van der Waals surface area contributed by atoms with Crippen molar-refractivity contribution < 1.29 is 22.8 Å². The van der Waals surface area contributed by atoms with Gasteiger partial charge in [-0.3, -0.25) is 9.69 Å². The zero-order valence-corrected chi connectivity index (χ0v) is 17.8. The van der Waals surface area contributed by atoms with E-state index < -0.39 is 17.8 Å². The highest BCUT2D eigenvalue weighted by Crippen LogP contribution is 2.32. The van der Waals surface area contributed by atoms with Gasteiger partial charge in [-0.1, -0.05) is 49.9 Å². The molecule has 1 aliphatic carbocycles. The third-order valence-corrected chi connectivity index (χ3v) is 5.67. The van der Waals surface area contributed by atoms with Crippen molar-refractivity contribution in [3.8, 4) is 0 Å². The largest absolute Gasteiger partial charge is 0.416 e. The minimum atomic E-state index is -4.52. The maximum atomic E-state index is 13.2. The lowest BCUT2D eigenvalue weighted by Gasteiger charge is -2.24. The third-order valence-electron chi connectivity index (χ3n) is 5.67. The smallest absolute Gasteiger partial charge is 0.354 e. The van der Waals surface area contributed by atoms with E-state index in [0.29, 0.717) is 18.0 Å². The lowest BCUT2D eigenvalue weighted by molar-refractivity contribution is -0.137. The molecule has 0 atom stereocenters. The Morgan fingerprint density at radius 2 is 1.72 bits per heavy atom. The number of benzene rings is 2. The first-order valence-electron chi connectivity index (χ1n) is 10.9. The first kappa shape index (κ1) is 23.6. The number of nitrogens with zero attached hydrogens (tertiary/aromatic N) is 1. The average Bonchev–Trinajstić information content (AvgIpc) is 3.29. The van der Waals surface area contributed by atoms with Crippen LogP contribution in [0.2, 0.25) is 0 Å². The van der Waals surface area contributed by atoms with E-state index in [1.165, 1.54) is 29.9 Å². The van der Waals surface area contributed by atoms with Crippen LogP contribution in [0.1, 0.15) is 44.1 Å². The highest BCUT2D eigenvalue weighted by molar-refractivity contribution is 6.01. The Labute approximate surface area is 186 Å². The Hall–Kier alpha value is -3.03. The highest BCUT2D eigenvalue weighted by atomic mass is 19.4. The van der Waals surface area contributed by atoms with Crippen LogP contribution >= 0.6 is 0 Å². The van der Waals surface area contributed by atoms with Crippen molar-refractivity contribution in [2.45, 2.75) is 44.7 Å². The third kappa shape index (κ3) is 7.00. The van der Waals surface area contributed by atoms with Gasteiger partial charge in [-0.25, -0.2) is 4.79 Å². The summed E-state index contributed by atoms with van der Waals surface area (Å²) in [5, 5.41) is 5.48. The van der Waals surface area contributed by atoms with Crippen LogP contribution in [0, 0.1) is 5.92 Å². The normalized spacial score (nSPS) is 14.2. The number of halogens is 3. The van der Waals surface area contributed by atoms with Gasteiger partial charge in [-0.2, -0.15) is 13.2 Å². The minimum Gasteiger partial charge on any atom is -0.354 e. The lowest BCUT2D eigenvalue weighted by atomic mass is 10.0. The Morgan fingerprint density at radius 3 is 2.41 bits per heavy atom. The second-order valence-electron chi connectivity index (χ2n) is 8.04. The van der Waals surface area contributed by atoms with Gasteiger partial charge >= 0.3 is 12.2 Å². The number of carbonyl (C=O) groups excluding carboxylic acids is 2. The van der Waals surface area contributed by atoms with Crippen LogP contribution in [0.3, 0.4) is 0 Å². The van der Waals surface area contributed by atoms with E-state index in [1.807, 2.05) is 0 Å². The summed E-state index contributed by atoms with van der Waals surface area (Å²) in [7, 11) is 0. The molecule has 0 saturated heterocycles.